The van der Waals surface area contributed by atoms with E-state index in [0.29, 0.717) is 0 Å². The number of hydrogen-bond acceptors (Lipinski definition) is 0. The molecular formula is C24H20ClN. The third-order valence-electron chi connectivity index (χ3n) is 6.65. The SMILES string of the molecule is Clc1ccc2c(c1)[nH]c1cc3c(cc12)C1(CCCCC1)c1ccccc1-3. The van der Waals surface area contributed by atoms with Gasteiger partial charge in [0.05, 0.1) is 0 Å². The van der Waals surface area contributed by atoms with Gasteiger partial charge in [0.25, 0.3) is 0 Å². The van der Waals surface area contributed by atoms with Crippen LogP contribution in [0.3, 0.4) is 0 Å². The Labute approximate surface area is 158 Å². The van der Waals surface area contributed by atoms with Crippen LogP contribution in [0, 0.1) is 0 Å². The molecular weight excluding hydrogens is 338 g/mol. The van der Waals surface area contributed by atoms with E-state index in [-0.39, 0.29) is 5.41 Å². The van der Waals surface area contributed by atoms with E-state index in [1.165, 1.54) is 59.5 Å². The lowest BCUT2D eigenvalue weighted by Crippen LogP contribution is -2.27. The number of halogens is 1. The van der Waals surface area contributed by atoms with E-state index in [0.717, 1.165) is 10.5 Å². The molecule has 1 N–H and O–H groups in total. The Bertz CT molecular complexity index is 1180. The van der Waals surface area contributed by atoms with Crippen molar-refractivity contribution in [2.24, 2.45) is 0 Å². The minimum absolute atomic E-state index is 0.217. The molecule has 0 amide bonds. The molecule has 2 heteroatoms. The summed E-state index contributed by atoms with van der Waals surface area (Å²) < 4.78 is 0. The summed E-state index contributed by atoms with van der Waals surface area (Å²) in [4.78, 5) is 3.59. The second-order valence-electron chi connectivity index (χ2n) is 7.95. The summed E-state index contributed by atoms with van der Waals surface area (Å²) in [5, 5.41) is 3.38. The summed E-state index contributed by atoms with van der Waals surface area (Å²) in [5.74, 6) is 0. The number of fused-ring (bicyclic) bond motifs is 8. The van der Waals surface area contributed by atoms with E-state index in [1.54, 1.807) is 11.1 Å². The molecule has 2 aliphatic rings. The Balaban J connectivity index is 1.72. The molecule has 0 radical (unpaired) electrons. The van der Waals surface area contributed by atoms with Crippen molar-refractivity contribution >= 4 is 33.4 Å². The first-order valence-electron chi connectivity index (χ1n) is 9.62. The average molecular weight is 358 g/mol. The van der Waals surface area contributed by atoms with Gasteiger partial charge in [-0.1, -0.05) is 61.2 Å². The van der Waals surface area contributed by atoms with Crippen LogP contribution < -0.4 is 0 Å². The van der Waals surface area contributed by atoms with E-state index in [4.69, 9.17) is 11.6 Å². The van der Waals surface area contributed by atoms with Crippen LogP contribution in [0.15, 0.2) is 54.6 Å². The molecule has 1 nitrogen and oxygen atoms in total. The maximum Gasteiger partial charge on any atom is 0.0479 e. The normalized spacial score (nSPS) is 17.7. The van der Waals surface area contributed by atoms with Crippen molar-refractivity contribution in [1.29, 1.82) is 0 Å². The van der Waals surface area contributed by atoms with Crippen molar-refractivity contribution in [3.63, 3.8) is 0 Å². The van der Waals surface area contributed by atoms with Crippen LogP contribution in [-0.4, -0.2) is 4.98 Å². The molecule has 0 saturated heterocycles. The third kappa shape index (κ3) is 1.82. The van der Waals surface area contributed by atoms with Crippen LogP contribution in [0.4, 0.5) is 0 Å². The molecule has 0 atom stereocenters. The van der Waals surface area contributed by atoms with Crippen molar-refractivity contribution in [3.8, 4) is 11.1 Å². The molecule has 1 spiro atoms. The van der Waals surface area contributed by atoms with Gasteiger partial charge in [-0.2, -0.15) is 0 Å². The molecule has 26 heavy (non-hydrogen) atoms. The predicted molar refractivity (Wildman–Crippen MR) is 110 cm³/mol. The van der Waals surface area contributed by atoms with Crippen LogP contribution in [0.1, 0.15) is 43.2 Å². The van der Waals surface area contributed by atoms with Crippen LogP contribution in [0.25, 0.3) is 32.9 Å². The molecule has 2 aliphatic carbocycles. The number of H-pyrrole nitrogens is 1. The van der Waals surface area contributed by atoms with Crippen molar-refractivity contribution in [2.45, 2.75) is 37.5 Å². The maximum atomic E-state index is 6.21. The van der Waals surface area contributed by atoms with Crippen LogP contribution in [-0.2, 0) is 5.41 Å². The smallest absolute Gasteiger partial charge is 0.0479 e. The fraction of sp³-hybridized carbons (Fsp3) is 0.250. The first kappa shape index (κ1) is 14.9. The fourth-order valence-electron chi connectivity index (χ4n) is 5.52. The van der Waals surface area contributed by atoms with Gasteiger partial charge in [-0.3, -0.25) is 0 Å². The van der Waals surface area contributed by atoms with Gasteiger partial charge in [0.1, 0.15) is 0 Å². The van der Waals surface area contributed by atoms with Gasteiger partial charge in [-0.25, -0.2) is 0 Å². The highest BCUT2D eigenvalue weighted by Crippen LogP contribution is 2.56. The van der Waals surface area contributed by atoms with Gasteiger partial charge in [0, 0.05) is 32.2 Å². The van der Waals surface area contributed by atoms with E-state index >= 15 is 0 Å². The van der Waals surface area contributed by atoms with Crippen molar-refractivity contribution in [3.05, 3.63) is 70.7 Å². The number of rotatable bonds is 0. The first-order valence-corrected chi connectivity index (χ1v) is 9.99. The number of aromatic amines is 1. The highest BCUT2D eigenvalue weighted by atomic mass is 35.5. The number of benzene rings is 3. The largest absolute Gasteiger partial charge is 0.354 e. The Kier molecular flexibility index (Phi) is 2.94. The van der Waals surface area contributed by atoms with E-state index in [1.807, 2.05) is 12.1 Å². The average Bonchev–Trinajstić information content (AvgIpc) is 3.15. The molecule has 1 aromatic heterocycles. The summed E-state index contributed by atoms with van der Waals surface area (Å²) >= 11 is 6.21. The molecule has 1 heterocycles. The van der Waals surface area contributed by atoms with Crippen LogP contribution >= 0.6 is 11.6 Å². The van der Waals surface area contributed by atoms with Gasteiger partial charge in [-0.05, 0) is 59.4 Å². The minimum atomic E-state index is 0.217. The Morgan fingerprint density at radius 1 is 0.731 bits per heavy atom. The number of aromatic nitrogens is 1. The lowest BCUT2D eigenvalue weighted by Gasteiger charge is -2.36. The summed E-state index contributed by atoms with van der Waals surface area (Å²) in [7, 11) is 0. The van der Waals surface area contributed by atoms with Gasteiger partial charge in [0.2, 0.25) is 0 Å². The molecule has 0 unspecified atom stereocenters. The molecule has 4 aromatic rings. The zero-order valence-corrected chi connectivity index (χ0v) is 15.4. The van der Waals surface area contributed by atoms with E-state index < -0.39 is 0 Å². The van der Waals surface area contributed by atoms with E-state index in [9.17, 15) is 0 Å². The summed E-state index contributed by atoms with van der Waals surface area (Å²) in [6, 6.07) is 20.1. The summed E-state index contributed by atoms with van der Waals surface area (Å²) in [6.45, 7) is 0. The molecule has 1 saturated carbocycles. The Morgan fingerprint density at radius 2 is 1.54 bits per heavy atom. The van der Waals surface area contributed by atoms with Crippen molar-refractivity contribution < 1.29 is 0 Å². The second kappa shape index (κ2) is 5.14. The molecule has 3 aromatic carbocycles. The Morgan fingerprint density at radius 3 is 2.42 bits per heavy atom. The molecule has 128 valence electrons. The van der Waals surface area contributed by atoms with Crippen molar-refractivity contribution in [1.82, 2.24) is 4.98 Å². The quantitative estimate of drug-likeness (QED) is 0.342. The number of nitrogens with one attached hydrogen (secondary N) is 1. The van der Waals surface area contributed by atoms with Crippen LogP contribution in [0.5, 0.6) is 0 Å². The first-order chi connectivity index (χ1) is 12.8. The molecule has 0 aliphatic heterocycles. The summed E-state index contributed by atoms with van der Waals surface area (Å²) in [6.07, 6.45) is 6.57. The lowest BCUT2D eigenvalue weighted by molar-refractivity contribution is 0.353. The Hall–Kier alpha value is -2.25. The second-order valence-corrected chi connectivity index (χ2v) is 8.38. The molecule has 6 rings (SSSR count). The monoisotopic (exact) mass is 357 g/mol. The predicted octanol–water partition coefficient (Wildman–Crippen LogP) is 7.21. The minimum Gasteiger partial charge on any atom is -0.354 e. The molecule has 1 fully saturated rings. The lowest BCUT2D eigenvalue weighted by atomic mass is 9.68. The molecule has 0 bridgehead atoms. The summed E-state index contributed by atoms with van der Waals surface area (Å²) in [5.41, 5.74) is 8.51. The van der Waals surface area contributed by atoms with Crippen molar-refractivity contribution in [2.75, 3.05) is 0 Å². The third-order valence-corrected chi connectivity index (χ3v) is 6.89. The van der Waals surface area contributed by atoms with Gasteiger partial charge < -0.3 is 4.98 Å². The van der Waals surface area contributed by atoms with Crippen LogP contribution in [0.2, 0.25) is 5.02 Å². The maximum absolute atomic E-state index is 6.21. The zero-order valence-electron chi connectivity index (χ0n) is 14.6. The highest BCUT2D eigenvalue weighted by Gasteiger charge is 2.43. The van der Waals surface area contributed by atoms with Gasteiger partial charge in [-0.15, -0.1) is 0 Å². The van der Waals surface area contributed by atoms with Gasteiger partial charge in [0.15, 0.2) is 0 Å². The standard InChI is InChI=1S/C24H20ClN/c25-15-8-9-17-19-13-21-18(14-23(19)26-22(17)12-15)16-6-2-3-7-20(16)24(21)10-4-1-5-11-24/h2-3,6-9,12-14,26H,1,4-5,10-11H2. The van der Waals surface area contributed by atoms with E-state index in [2.05, 4.69) is 47.4 Å². The highest BCUT2D eigenvalue weighted by molar-refractivity contribution is 6.31. The number of hydrogen-bond donors (Lipinski definition) is 1. The fourth-order valence-corrected chi connectivity index (χ4v) is 5.69. The zero-order chi connectivity index (χ0) is 17.3. The van der Waals surface area contributed by atoms with Gasteiger partial charge >= 0.3 is 0 Å². The topological polar surface area (TPSA) is 15.8 Å².